The molecule has 0 bridgehead atoms. The van der Waals surface area contributed by atoms with Crippen molar-refractivity contribution in [1.29, 1.82) is 0 Å². The normalized spacial score (nSPS) is 16.8. The molecule has 0 fully saturated rings. The number of rotatable bonds is 5. The molecule has 5 nitrogen and oxygen atoms in total. The zero-order valence-electron chi connectivity index (χ0n) is 13.5. The smallest absolute Gasteiger partial charge is 0.246 e. The van der Waals surface area contributed by atoms with E-state index >= 15 is 0 Å². The van der Waals surface area contributed by atoms with Gasteiger partial charge in [0.1, 0.15) is 11.6 Å². The van der Waals surface area contributed by atoms with Crippen molar-refractivity contribution in [1.82, 2.24) is 4.72 Å². The third kappa shape index (κ3) is 3.59. The van der Waals surface area contributed by atoms with Crippen LogP contribution < -0.4 is 14.2 Å². The molecule has 0 aliphatic carbocycles. The average molecular weight is 369 g/mol. The Kier molecular flexibility index (Phi) is 4.91. The molecule has 1 aliphatic heterocycles. The lowest BCUT2D eigenvalue weighted by Gasteiger charge is -2.26. The zero-order chi connectivity index (χ0) is 18.0. The highest BCUT2D eigenvalue weighted by Gasteiger charge is 2.27. The van der Waals surface area contributed by atoms with Crippen LogP contribution in [0.4, 0.5) is 8.78 Å². The van der Waals surface area contributed by atoms with Crippen LogP contribution in [0.1, 0.15) is 5.56 Å². The third-order valence-electron chi connectivity index (χ3n) is 4.00. The number of para-hydroxylation sites is 1. The predicted molar refractivity (Wildman–Crippen MR) is 87.2 cm³/mol. The summed E-state index contributed by atoms with van der Waals surface area (Å²) in [6, 6.07) is 8.40. The zero-order valence-corrected chi connectivity index (χ0v) is 14.3. The number of ether oxygens (including phenoxy) is 2. The summed E-state index contributed by atoms with van der Waals surface area (Å²) in [5, 5.41) is 0. The van der Waals surface area contributed by atoms with E-state index in [0.717, 1.165) is 23.8 Å². The number of fused-ring (bicyclic) bond motifs is 1. The van der Waals surface area contributed by atoms with Crippen LogP contribution in [0.15, 0.2) is 41.3 Å². The van der Waals surface area contributed by atoms with Gasteiger partial charge >= 0.3 is 0 Å². The van der Waals surface area contributed by atoms with Crippen molar-refractivity contribution in [3.05, 3.63) is 53.6 Å². The summed E-state index contributed by atoms with van der Waals surface area (Å²) in [7, 11) is -2.75. The van der Waals surface area contributed by atoms with Crippen LogP contribution >= 0.6 is 0 Å². The highest BCUT2D eigenvalue weighted by molar-refractivity contribution is 7.89. The minimum absolute atomic E-state index is 0.00670. The van der Waals surface area contributed by atoms with E-state index in [1.165, 1.54) is 0 Å². The number of methoxy groups -OCH3 is 1. The van der Waals surface area contributed by atoms with Crippen molar-refractivity contribution in [3.63, 3.8) is 0 Å². The Bertz CT molecular complexity index is 866. The van der Waals surface area contributed by atoms with E-state index < -0.39 is 26.6 Å². The molecule has 3 rings (SSSR count). The topological polar surface area (TPSA) is 64.6 Å². The monoisotopic (exact) mass is 369 g/mol. The Morgan fingerprint density at radius 2 is 1.88 bits per heavy atom. The lowest BCUT2D eigenvalue weighted by molar-refractivity contribution is 0.213. The Hall–Kier alpha value is -2.19. The first-order chi connectivity index (χ1) is 11.9. The number of benzene rings is 2. The minimum Gasteiger partial charge on any atom is -0.493 e. The number of nitrogens with one attached hydrogen (secondary N) is 1. The molecule has 1 heterocycles. The molecular formula is C17H17F2NO4S. The van der Waals surface area contributed by atoms with Crippen molar-refractivity contribution in [3.8, 4) is 11.5 Å². The Balaban J connectivity index is 1.72. The number of hydrogen-bond acceptors (Lipinski definition) is 4. The minimum atomic E-state index is -4.29. The van der Waals surface area contributed by atoms with E-state index in [1.54, 1.807) is 13.2 Å². The Morgan fingerprint density at radius 3 is 2.56 bits per heavy atom. The average Bonchev–Trinajstić information content (AvgIpc) is 2.59. The first-order valence-electron chi connectivity index (χ1n) is 7.64. The highest BCUT2D eigenvalue weighted by atomic mass is 32.2. The molecule has 1 atom stereocenters. The van der Waals surface area contributed by atoms with E-state index in [9.17, 15) is 17.2 Å². The van der Waals surface area contributed by atoms with Gasteiger partial charge in [0.25, 0.3) is 0 Å². The third-order valence-corrected chi connectivity index (χ3v) is 5.48. The molecule has 0 radical (unpaired) electrons. The number of hydrogen-bond donors (Lipinski definition) is 1. The molecule has 0 spiro atoms. The van der Waals surface area contributed by atoms with Gasteiger partial charge in [-0.25, -0.2) is 21.9 Å². The van der Waals surface area contributed by atoms with Gasteiger partial charge in [0, 0.05) is 12.5 Å². The molecule has 0 amide bonds. The molecule has 25 heavy (non-hydrogen) atoms. The SMILES string of the molecule is COc1cccc2c1OCC(CNS(=O)(=O)c1c(F)cccc1F)C2. The lowest BCUT2D eigenvalue weighted by atomic mass is 9.96. The largest absolute Gasteiger partial charge is 0.493 e. The fourth-order valence-electron chi connectivity index (χ4n) is 2.79. The summed E-state index contributed by atoms with van der Waals surface area (Å²) in [4.78, 5) is -0.964. The van der Waals surface area contributed by atoms with Crippen LogP contribution in [-0.4, -0.2) is 28.7 Å². The second-order valence-corrected chi connectivity index (χ2v) is 7.44. The standard InChI is InChI=1S/C17H17F2NO4S/c1-23-15-7-2-4-12-8-11(10-24-16(12)15)9-20-25(21,22)17-13(18)5-3-6-14(17)19/h2-7,11,20H,8-10H2,1H3. The molecule has 1 N–H and O–H groups in total. The first kappa shape index (κ1) is 17.6. The van der Waals surface area contributed by atoms with Crippen LogP contribution in [0.5, 0.6) is 11.5 Å². The van der Waals surface area contributed by atoms with E-state index in [-0.39, 0.29) is 19.1 Å². The van der Waals surface area contributed by atoms with Gasteiger partial charge in [-0.2, -0.15) is 0 Å². The van der Waals surface area contributed by atoms with E-state index in [2.05, 4.69) is 4.72 Å². The summed E-state index contributed by atoms with van der Waals surface area (Å²) >= 11 is 0. The van der Waals surface area contributed by atoms with Gasteiger partial charge in [0.05, 0.1) is 13.7 Å². The summed E-state index contributed by atoms with van der Waals surface area (Å²) in [6.07, 6.45) is 0.564. The van der Waals surface area contributed by atoms with Crippen molar-refractivity contribution < 1.29 is 26.7 Å². The van der Waals surface area contributed by atoms with Crippen molar-refractivity contribution in [2.75, 3.05) is 20.3 Å². The van der Waals surface area contributed by atoms with Gasteiger partial charge in [0.2, 0.25) is 10.0 Å². The van der Waals surface area contributed by atoms with Gasteiger partial charge in [-0.1, -0.05) is 18.2 Å². The Morgan fingerprint density at radius 1 is 1.20 bits per heavy atom. The van der Waals surface area contributed by atoms with Gasteiger partial charge < -0.3 is 9.47 Å². The van der Waals surface area contributed by atoms with Crippen LogP contribution in [0.3, 0.4) is 0 Å². The van der Waals surface area contributed by atoms with Gasteiger partial charge in [-0.15, -0.1) is 0 Å². The summed E-state index contributed by atoms with van der Waals surface area (Å²) in [6.45, 7) is 0.280. The molecule has 0 saturated carbocycles. The molecular weight excluding hydrogens is 352 g/mol. The highest BCUT2D eigenvalue weighted by Crippen LogP contribution is 2.35. The second-order valence-electron chi connectivity index (χ2n) is 5.73. The van der Waals surface area contributed by atoms with E-state index in [0.29, 0.717) is 17.9 Å². The molecule has 2 aromatic rings. The fourth-order valence-corrected chi connectivity index (χ4v) is 4.04. The predicted octanol–water partition coefficient (Wildman–Crippen LogP) is 2.50. The summed E-state index contributed by atoms with van der Waals surface area (Å²) in [5.41, 5.74) is 0.895. The van der Waals surface area contributed by atoms with E-state index in [1.807, 2.05) is 12.1 Å². The molecule has 1 aliphatic rings. The molecule has 8 heteroatoms. The maximum Gasteiger partial charge on any atom is 0.246 e. The van der Waals surface area contributed by atoms with Crippen LogP contribution in [0.2, 0.25) is 0 Å². The van der Waals surface area contributed by atoms with Gasteiger partial charge in [-0.3, -0.25) is 0 Å². The molecule has 0 aromatic heterocycles. The number of sulfonamides is 1. The number of halogens is 2. The maximum atomic E-state index is 13.7. The molecule has 1 unspecified atom stereocenters. The summed E-state index contributed by atoms with van der Waals surface area (Å²) in [5.74, 6) is -1.15. The van der Waals surface area contributed by atoms with E-state index in [4.69, 9.17) is 9.47 Å². The van der Waals surface area contributed by atoms with Gasteiger partial charge in [-0.05, 0) is 30.2 Å². The maximum absolute atomic E-state index is 13.7. The van der Waals surface area contributed by atoms with Gasteiger partial charge in [0.15, 0.2) is 16.4 Å². The van der Waals surface area contributed by atoms with Crippen LogP contribution in [-0.2, 0) is 16.4 Å². The van der Waals surface area contributed by atoms with Crippen molar-refractivity contribution in [2.24, 2.45) is 5.92 Å². The summed E-state index contributed by atoms with van der Waals surface area (Å²) < 4.78 is 65.0. The van der Waals surface area contributed by atoms with Crippen LogP contribution in [0.25, 0.3) is 0 Å². The lowest BCUT2D eigenvalue weighted by Crippen LogP contribution is -2.35. The quantitative estimate of drug-likeness (QED) is 0.880. The molecule has 0 saturated heterocycles. The van der Waals surface area contributed by atoms with Crippen LogP contribution in [0, 0.1) is 17.6 Å². The van der Waals surface area contributed by atoms with Crippen molar-refractivity contribution >= 4 is 10.0 Å². The second kappa shape index (κ2) is 6.97. The molecule has 134 valence electrons. The van der Waals surface area contributed by atoms with Crippen molar-refractivity contribution in [2.45, 2.75) is 11.3 Å². The molecule has 2 aromatic carbocycles. The first-order valence-corrected chi connectivity index (χ1v) is 9.13. The Labute approximate surface area is 144 Å². The fraction of sp³-hybridized carbons (Fsp3) is 0.294.